The van der Waals surface area contributed by atoms with E-state index in [1.807, 2.05) is 31.2 Å². The lowest BCUT2D eigenvalue weighted by atomic mass is 10.1. The minimum absolute atomic E-state index is 0.182. The number of aryl methyl sites for hydroxylation is 1. The van der Waals surface area contributed by atoms with Crippen LogP contribution in [-0.4, -0.2) is 29.5 Å². The molecule has 1 aromatic carbocycles. The van der Waals surface area contributed by atoms with Crippen LogP contribution < -0.4 is 15.4 Å². The smallest absolute Gasteiger partial charge is 0.270 e. The average molecular weight is 328 g/mol. The molecule has 0 spiro atoms. The summed E-state index contributed by atoms with van der Waals surface area (Å²) < 4.78 is 5.13. The SMILES string of the molecule is COc1ccc(Nc2nc(C)cc(C(=O)NCCC(C)C)n2)cc1. The second-order valence-electron chi connectivity index (χ2n) is 6.01. The maximum Gasteiger partial charge on any atom is 0.270 e. The summed E-state index contributed by atoms with van der Waals surface area (Å²) in [7, 11) is 1.62. The quantitative estimate of drug-likeness (QED) is 0.815. The van der Waals surface area contributed by atoms with Crippen LogP contribution in [0.5, 0.6) is 5.75 Å². The minimum atomic E-state index is -0.182. The van der Waals surface area contributed by atoms with E-state index in [2.05, 4.69) is 34.4 Å². The Kier molecular flexibility index (Phi) is 6.12. The van der Waals surface area contributed by atoms with Gasteiger partial charge in [-0.1, -0.05) is 13.8 Å². The summed E-state index contributed by atoms with van der Waals surface area (Å²) in [5.41, 5.74) is 1.92. The number of hydrogen-bond acceptors (Lipinski definition) is 5. The number of methoxy groups -OCH3 is 1. The maximum atomic E-state index is 12.2. The van der Waals surface area contributed by atoms with Gasteiger partial charge in [0.05, 0.1) is 7.11 Å². The number of aromatic nitrogens is 2. The number of hydrogen-bond donors (Lipinski definition) is 2. The fourth-order valence-electron chi connectivity index (χ4n) is 2.11. The van der Waals surface area contributed by atoms with Crippen LogP contribution in [0.3, 0.4) is 0 Å². The summed E-state index contributed by atoms with van der Waals surface area (Å²) in [6.45, 7) is 6.72. The molecule has 0 unspecified atom stereocenters. The summed E-state index contributed by atoms with van der Waals surface area (Å²) in [5, 5.41) is 6.00. The van der Waals surface area contributed by atoms with Crippen LogP contribution in [0, 0.1) is 12.8 Å². The zero-order chi connectivity index (χ0) is 17.5. The average Bonchev–Trinajstić information content (AvgIpc) is 2.54. The molecule has 0 saturated carbocycles. The fourth-order valence-corrected chi connectivity index (χ4v) is 2.11. The topological polar surface area (TPSA) is 76.1 Å². The van der Waals surface area contributed by atoms with Gasteiger partial charge in [-0.2, -0.15) is 0 Å². The van der Waals surface area contributed by atoms with E-state index in [9.17, 15) is 4.79 Å². The van der Waals surface area contributed by atoms with E-state index >= 15 is 0 Å². The van der Waals surface area contributed by atoms with Crippen LogP contribution in [-0.2, 0) is 0 Å². The molecule has 1 aromatic heterocycles. The summed E-state index contributed by atoms with van der Waals surface area (Å²) in [4.78, 5) is 20.9. The molecule has 1 amide bonds. The van der Waals surface area contributed by atoms with Gasteiger partial charge in [0, 0.05) is 17.9 Å². The van der Waals surface area contributed by atoms with Crippen LogP contribution in [0.1, 0.15) is 36.5 Å². The van der Waals surface area contributed by atoms with E-state index in [1.54, 1.807) is 13.2 Å². The van der Waals surface area contributed by atoms with Gasteiger partial charge in [0.25, 0.3) is 5.91 Å². The Morgan fingerprint density at radius 3 is 2.54 bits per heavy atom. The second-order valence-corrected chi connectivity index (χ2v) is 6.01. The van der Waals surface area contributed by atoms with Crippen molar-refractivity contribution in [3.05, 3.63) is 41.7 Å². The highest BCUT2D eigenvalue weighted by Crippen LogP contribution is 2.18. The highest BCUT2D eigenvalue weighted by Gasteiger charge is 2.10. The van der Waals surface area contributed by atoms with Gasteiger partial charge in [0.15, 0.2) is 0 Å². The molecule has 0 bridgehead atoms. The number of rotatable bonds is 7. The number of anilines is 2. The van der Waals surface area contributed by atoms with Gasteiger partial charge in [-0.3, -0.25) is 4.79 Å². The van der Waals surface area contributed by atoms with Gasteiger partial charge in [-0.15, -0.1) is 0 Å². The first kappa shape index (κ1) is 17.7. The van der Waals surface area contributed by atoms with E-state index in [1.165, 1.54) is 0 Å². The van der Waals surface area contributed by atoms with Gasteiger partial charge >= 0.3 is 0 Å². The van der Waals surface area contributed by atoms with E-state index in [0.29, 0.717) is 24.1 Å². The number of carbonyl (C=O) groups is 1. The van der Waals surface area contributed by atoms with Crippen LogP contribution in [0.4, 0.5) is 11.6 Å². The molecule has 0 radical (unpaired) electrons. The normalized spacial score (nSPS) is 10.5. The Balaban J connectivity index is 2.08. The number of nitrogens with zero attached hydrogens (tertiary/aromatic N) is 2. The minimum Gasteiger partial charge on any atom is -0.497 e. The molecular formula is C18H24N4O2. The van der Waals surface area contributed by atoms with Crippen molar-refractivity contribution in [2.45, 2.75) is 27.2 Å². The molecule has 0 aliphatic rings. The van der Waals surface area contributed by atoms with Gasteiger partial charge in [0.1, 0.15) is 11.4 Å². The fraction of sp³-hybridized carbons (Fsp3) is 0.389. The Hall–Kier alpha value is -2.63. The Morgan fingerprint density at radius 1 is 1.21 bits per heavy atom. The van der Waals surface area contributed by atoms with Crippen molar-refractivity contribution in [2.24, 2.45) is 5.92 Å². The predicted molar refractivity (Wildman–Crippen MR) is 94.8 cm³/mol. The predicted octanol–water partition coefficient (Wildman–Crippen LogP) is 3.31. The van der Waals surface area contributed by atoms with Crippen molar-refractivity contribution in [3.63, 3.8) is 0 Å². The largest absolute Gasteiger partial charge is 0.497 e. The molecule has 2 rings (SSSR count). The van der Waals surface area contributed by atoms with Crippen LogP contribution in [0.2, 0.25) is 0 Å². The zero-order valence-corrected chi connectivity index (χ0v) is 14.6. The Morgan fingerprint density at radius 2 is 1.92 bits per heavy atom. The molecule has 0 aliphatic carbocycles. The van der Waals surface area contributed by atoms with E-state index in [-0.39, 0.29) is 5.91 Å². The molecular weight excluding hydrogens is 304 g/mol. The van der Waals surface area contributed by atoms with Gasteiger partial charge in [-0.05, 0) is 49.6 Å². The number of carbonyl (C=O) groups excluding carboxylic acids is 1. The lowest BCUT2D eigenvalue weighted by molar-refractivity contribution is 0.0947. The molecule has 0 aliphatic heterocycles. The van der Waals surface area contributed by atoms with Crippen molar-refractivity contribution < 1.29 is 9.53 Å². The van der Waals surface area contributed by atoms with Crippen LogP contribution in [0.15, 0.2) is 30.3 Å². The monoisotopic (exact) mass is 328 g/mol. The third-order valence-electron chi connectivity index (χ3n) is 3.44. The lowest BCUT2D eigenvalue weighted by Crippen LogP contribution is -2.26. The first-order valence-electron chi connectivity index (χ1n) is 8.03. The van der Waals surface area contributed by atoms with Crippen LogP contribution >= 0.6 is 0 Å². The number of benzene rings is 1. The maximum absolute atomic E-state index is 12.2. The van der Waals surface area contributed by atoms with Crippen molar-refractivity contribution >= 4 is 17.5 Å². The number of nitrogens with one attached hydrogen (secondary N) is 2. The molecule has 6 nitrogen and oxygen atoms in total. The van der Waals surface area contributed by atoms with Crippen molar-refractivity contribution in [3.8, 4) is 5.75 Å². The van der Waals surface area contributed by atoms with Crippen molar-refractivity contribution in [1.82, 2.24) is 15.3 Å². The third-order valence-corrected chi connectivity index (χ3v) is 3.44. The highest BCUT2D eigenvalue weighted by atomic mass is 16.5. The first-order valence-corrected chi connectivity index (χ1v) is 8.03. The van der Waals surface area contributed by atoms with E-state index in [4.69, 9.17) is 4.74 Å². The first-order chi connectivity index (χ1) is 11.5. The molecule has 6 heteroatoms. The van der Waals surface area contributed by atoms with Crippen molar-refractivity contribution in [1.29, 1.82) is 0 Å². The molecule has 2 aromatic rings. The number of amides is 1. The Bertz CT molecular complexity index is 684. The molecule has 0 fully saturated rings. The summed E-state index contributed by atoms with van der Waals surface area (Å²) in [6, 6.07) is 9.11. The van der Waals surface area contributed by atoms with E-state index < -0.39 is 0 Å². The van der Waals surface area contributed by atoms with Crippen LogP contribution in [0.25, 0.3) is 0 Å². The van der Waals surface area contributed by atoms with Gasteiger partial charge < -0.3 is 15.4 Å². The lowest BCUT2D eigenvalue weighted by Gasteiger charge is -2.10. The number of ether oxygens (including phenoxy) is 1. The van der Waals surface area contributed by atoms with E-state index in [0.717, 1.165) is 23.6 Å². The highest BCUT2D eigenvalue weighted by molar-refractivity contribution is 5.92. The molecule has 128 valence electrons. The third kappa shape index (κ3) is 5.22. The van der Waals surface area contributed by atoms with Crippen molar-refractivity contribution in [2.75, 3.05) is 19.0 Å². The molecule has 0 saturated heterocycles. The standard InChI is InChI=1S/C18H24N4O2/c1-12(2)9-10-19-17(23)16-11-13(3)20-18(22-16)21-14-5-7-15(24-4)8-6-14/h5-8,11-12H,9-10H2,1-4H3,(H,19,23)(H,20,21,22). The summed E-state index contributed by atoms with van der Waals surface area (Å²) >= 11 is 0. The summed E-state index contributed by atoms with van der Waals surface area (Å²) in [6.07, 6.45) is 0.937. The Labute approximate surface area is 142 Å². The molecule has 0 atom stereocenters. The summed E-state index contributed by atoms with van der Waals surface area (Å²) in [5.74, 6) is 1.54. The molecule has 24 heavy (non-hydrogen) atoms. The van der Waals surface area contributed by atoms with Gasteiger partial charge in [0.2, 0.25) is 5.95 Å². The molecule has 2 N–H and O–H groups in total. The molecule has 1 heterocycles. The zero-order valence-electron chi connectivity index (χ0n) is 14.6. The van der Waals surface area contributed by atoms with Gasteiger partial charge in [-0.25, -0.2) is 9.97 Å². The second kappa shape index (κ2) is 8.29.